The normalized spacial score (nSPS) is 19.9. The number of hydrogen-bond acceptors (Lipinski definition) is 6. The first-order valence-electron chi connectivity index (χ1n) is 6.29. The van der Waals surface area contributed by atoms with E-state index in [0.717, 1.165) is 24.6 Å². The average Bonchev–Trinajstić information content (AvgIpc) is 2.38. The van der Waals surface area contributed by atoms with Crippen LogP contribution in [-0.4, -0.2) is 54.0 Å². The minimum Gasteiger partial charge on any atom is -0.394 e. The second kappa shape index (κ2) is 5.97. The molecule has 1 atom stereocenters. The first-order valence-corrected chi connectivity index (χ1v) is 6.29. The Kier molecular flexibility index (Phi) is 4.33. The van der Waals surface area contributed by atoms with Crippen LogP contribution in [0, 0.1) is 6.92 Å². The average molecular weight is 252 g/mol. The fraction of sp³-hybridized carbons (Fsp3) is 0.667. The fourth-order valence-corrected chi connectivity index (χ4v) is 2.04. The molecule has 2 rings (SSSR count). The summed E-state index contributed by atoms with van der Waals surface area (Å²) in [4.78, 5) is 10.9. The molecule has 18 heavy (non-hydrogen) atoms. The van der Waals surface area contributed by atoms with Gasteiger partial charge in [0.05, 0.1) is 25.9 Å². The van der Waals surface area contributed by atoms with E-state index < -0.39 is 0 Å². The van der Waals surface area contributed by atoms with E-state index in [4.69, 9.17) is 4.74 Å². The number of aromatic nitrogens is 2. The van der Waals surface area contributed by atoms with E-state index in [-0.39, 0.29) is 12.6 Å². The SMILES string of the molecule is CCNc1nc(C)cc(N2CCOCC2CO)n1. The Hall–Kier alpha value is -1.40. The molecule has 1 saturated heterocycles. The lowest BCUT2D eigenvalue weighted by atomic mass is 10.2. The van der Waals surface area contributed by atoms with Crippen molar-refractivity contribution in [3.05, 3.63) is 11.8 Å². The van der Waals surface area contributed by atoms with Gasteiger partial charge in [-0.3, -0.25) is 0 Å². The van der Waals surface area contributed by atoms with Crippen molar-refractivity contribution in [3.63, 3.8) is 0 Å². The first-order chi connectivity index (χ1) is 8.74. The number of aliphatic hydroxyl groups is 1. The fourth-order valence-electron chi connectivity index (χ4n) is 2.04. The number of hydrogen-bond donors (Lipinski definition) is 2. The Bertz CT molecular complexity index is 400. The molecule has 100 valence electrons. The Morgan fingerprint density at radius 3 is 3.11 bits per heavy atom. The maximum Gasteiger partial charge on any atom is 0.224 e. The molecule has 6 nitrogen and oxygen atoms in total. The molecule has 2 heterocycles. The molecule has 0 radical (unpaired) electrons. The zero-order chi connectivity index (χ0) is 13.0. The van der Waals surface area contributed by atoms with Crippen LogP contribution >= 0.6 is 0 Å². The van der Waals surface area contributed by atoms with Crippen LogP contribution in [0.2, 0.25) is 0 Å². The van der Waals surface area contributed by atoms with Crippen molar-refractivity contribution in [1.82, 2.24) is 9.97 Å². The van der Waals surface area contributed by atoms with Crippen molar-refractivity contribution in [2.75, 3.05) is 43.1 Å². The molecule has 1 aliphatic heterocycles. The molecule has 0 spiro atoms. The standard InChI is InChI=1S/C12H20N4O2/c1-3-13-12-14-9(2)6-11(15-12)16-4-5-18-8-10(16)7-17/h6,10,17H,3-5,7-8H2,1-2H3,(H,13,14,15). The van der Waals surface area contributed by atoms with Gasteiger partial charge < -0.3 is 20.1 Å². The van der Waals surface area contributed by atoms with Gasteiger partial charge in [-0.1, -0.05) is 0 Å². The van der Waals surface area contributed by atoms with Crippen LogP contribution in [0.1, 0.15) is 12.6 Å². The van der Waals surface area contributed by atoms with Crippen LogP contribution in [0.3, 0.4) is 0 Å². The number of rotatable bonds is 4. The Morgan fingerprint density at radius 2 is 2.39 bits per heavy atom. The van der Waals surface area contributed by atoms with E-state index in [0.29, 0.717) is 19.2 Å². The van der Waals surface area contributed by atoms with Crippen LogP contribution in [0.5, 0.6) is 0 Å². The number of ether oxygens (including phenoxy) is 1. The van der Waals surface area contributed by atoms with Crippen LogP contribution in [0.25, 0.3) is 0 Å². The summed E-state index contributed by atoms with van der Waals surface area (Å²) in [6, 6.07) is 1.91. The Balaban J connectivity index is 2.24. The maximum atomic E-state index is 9.38. The molecule has 0 aromatic carbocycles. The summed E-state index contributed by atoms with van der Waals surface area (Å²) < 4.78 is 5.37. The second-order valence-corrected chi connectivity index (χ2v) is 4.33. The smallest absolute Gasteiger partial charge is 0.224 e. The molecule has 2 N–H and O–H groups in total. The van der Waals surface area contributed by atoms with Crippen molar-refractivity contribution in [1.29, 1.82) is 0 Å². The molecular formula is C12H20N4O2. The molecule has 1 aromatic heterocycles. The number of anilines is 2. The van der Waals surface area contributed by atoms with Crippen molar-refractivity contribution in [2.45, 2.75) is 19.9 Å². The summed E-state index contributed by atoms with van der Waals surface area (Å²) in [6.45, 7) is 6.76. The van der Waals surface area contributed by atoms with Gasteiger partial charge in [0.1, 0.15) is 5.82 Å². The van der Waals surface area contributed by atoms with E-state index in [2.05, 4.69) is 20.2 Å². The van der Waals surface area contributed by atoms with Gasteiger partial charge in [-0.05, 0) is 13.8 Å². The molecule has 1 aliphatic rings. The molecule has 1 fully saturated rings. The number of aryl methyl sites for hydroxylation is 1. The second-order valence-electron chi connectivity index (χ2n) is 4.33. The maximum absolute atomic E-state index is 9.38. The topological polar surface area (TPSA) is 70.5 Å². The number of nitrogens with zero attached hydrogens (tertiary/aromatic N) is 3. The highest BCUT2D eigenvalue weighted by atomic mass is 16.5. The molecule has 0 bridgehead atoms. The lowest BCUT2D eigenvalue weighted by molar-refractivity contribution is 0.0723. The third kappa shape index (κ3) is 2.88. The lowest BCUT2D eigenvalue weighted by Crippen LogP contribution is -2.48. The van der Waals surface area contributed by atoms with E-state index in [1.807, 2.05) is 19.9 Å². The van der Waals surface area contributed by atoms with E-state index >= 15 is 0 Å². The predicted octanol–water partition coefficient (Wildman–Crippen LogP) is 0.414. The van der Waals surface area contributed by atoms with Gasteiger partial charge in [0, 0.05) is 24.8 Å². The number of nitrogens with one attached hydrogen (secondary N) is 1. The molecule has 0 saturated carbocycles. The van der Waals surface area contributed by atoms with Crippen LogP contribution in [0.15, 0.2) is 6.07 Å². The van der Waals surface area contributed by atoms with Crippen molar-refractivity contribution >= 4 is 11.8 Å². The van der Waals surface area contributed by atoms with Gasteiger partial charge in [-0.25, -0.2) is 4.98 Å². The lowest BCUT2D eigenvalue weighted by Gasteiger charge is -2.35. The van der Waals surface area contributed by atoms with Gasteiger partial charge in [0.15, 0.2) is 0 Å². The van der Waals surface area contributed by atoms with Crippen molar-refractivity contribution in [2.24, 2.45) is 0 Å². The van der Waals surface area contributed by atoms with Crippen molar-refractivity contribution < 1.29 is 9.84 Å². The van der Waals surface area contributed by atoms with E-state index in [1.54, 1.807) is 0 Å². The Labute approximate surface area is 107 Å². The summed E-state index contributed by atoms with van der Waals surface area (Å²) in [5.41, 5.74) is 0.916. The molecule has 0 aliphatic carbocycles. The third-order valence-corrected chi connectivity index (χ3v) is 2.91. The van der Waals surface area contributed by atoms with E-state index in [9.17, 15) is 5.11 Å². The van der Waals surface area contributed by atoms with Gasteiger partial charge in [-0.2, -0.15) is 4.98 Å². The van der Waals surface area contributed by atoms with E-state index in [1.165, 1.54) is 0 Å². The highest BCUT2D eigenvalue weighted by molar-refractivity contribution is 5.46. The van der Waals surface area contributed by atoms with Crippen LogP contribution in [0.4, 0.5) is 11.8 Å². The number of aliphatic hydroxyl groups excluding tert-OH is 1. The van der Waals surface area contributed by atoms with Gasteiger partial charge >= 0.3 is 0 Å². The molecule has 1 aromatic rings. The summed E-state index contributed by atoms with van der Waals surface area (Å²) in [6.07, 6.45) is 0. The minimum absolute atomic E-state index is 0.0254. The predicted molar refractivity (Wildman–Crippen MR) is 70.0 cm³/mol. The highest BCUT2D eigenvalue weighted by Gasteiger charge is 2.24. The van der Waals surface area contributed by atoms with Gasteiger partial charge in [0.2, 0.25) is 5.95 Å². The molecular weight excluding hydrogens is 232 g/mol. The zero-order valence-electron chi connectivity index (χ0n) is 10.9. The summed E-state index contributed by atoms with van der Waals surface area (Å²) >= 11 is 0. The summed E-state index contributed by atoms with van der Waals surface area (Å²) in [7, 11) is 0. The summed E-state index contributed by atoms with van der Waals surface area (Å²) in [5, 5.41) is 12.5. The van der Waals surface area contributed by atoms with Gasteiger partial charge in [-0.15, -0.1) is 0 Å². The largest absolute Gasteiger partial charge is 0.394 e. The minimum atomic E-state index is -0.0254. The monoisotopic (exact) mass is 252 g/mol. The van der Waals surface area contributed by atoms with Gasteiger partial charge in [0.25, 0.3) is 0 Å². The highest BCUT2D eigenvalue weighted by Crippen LogP contribution is 2.19. The Morgan fingerprint density at radius 1 is 1.56 bits per heavy atom. The van der Waals surface area contributed by atoms with Crippen molar-refractivity contribution in [3.8, 4) is 0 Å². The molecule has 1 unspecified atom stereocenters. The number of morpholine rings is 1. The third-order valence-electron chi connectivity index (χ3n) is 2.91. The summed E-state index contributed by atoms with van der Waals surface area (Å²) in [5.74, 6) is 1.48. The molecule has 6 heteroatoms. The van der Waals surface area contributed by atoms with Crippen LogP contribution < -0.4 is 10.2 Å². The molecule has 0 amide bonds. The quantitative estimate of drug-likeness (QED) is 0.809. The van der Waals surface area contributed by atoms with Crippen LogP contribution in [-0.2, 0) is 4.74 Å². The first kappa shape index (κ1) is 13.0. The zero-order valence-corrected chi connectivity index (χ0v) is 10.9.